The minimum atomic E-state index is -3.44. The molecule has 0 bridgehead atoms. The zero-order valence-corrected chi connectivity index (χ0v) is 17.9. The first-order valence-corrected chi connectivity index (χ1v) is 11.5. The van der Waals surface area contributed by atoms with E-state index < -0.39 is 13.5 Å². The summed E-state index contributed by atoms with van der Waals surface area (Å²) < 4.78 is 13.3. The third-order valence-electron chi connectivity index (χ3n) is 3.55. The van der Waals surface area contributed by atoms with Crippen LogP contribution in [-0.2, 0) is 17.3 Å². The van der Waals surface area contributed by atoms with Crippen LogP contribution in [0.3, 0.4) is 0 Å². The zero-order valence-electron chi connectivity index (χ0n) is 13.3. The molecule has 0 aromatic heterocycles. The van der Waals surface area contributed by atoms with Gasteiger partial charge in [-0.05, 0) is 45.9 Å². The quantitative estimate of drug-likeness (QED) is 0.276. The van der Waals surface area contributed by atoms with Gasteiger partial charge in [0, 0.05) is 22.8 Å². The summed E-state index contributed by atoms with van der Waals surface area (Å²) in [7, 11) is -3.44. The van der Waals surface area contributed by atoms with Crippen molar-refractivity contribution < 1.29 is 14.6 Å². The fourth-order valence-corrected chi connectivity index (χ4v) is 5.29. The molecule has 2 aromatic carbocycles. The van der Waals surface area contributed by atoms with Gasteiger partial charge in [-0.3, -0.25) is 4.57 Å². The maximum atomic E-state index is 12.3. The first-order chi connectivity index (χ1) is 11.8. The number of hydrogen-bond acceptors (Lipinski definition) is 3. The molecule has 0 aliphatic rings. The lowest BCUT2D eigenvalue weighted by Gasteiger charge is -2.17. The standard InChI is InChI=1S/C17H19Cl2INO3P/c18-15-6-13(17(20)7-16(15)19)8-21-9-14(22)11-25(23,24)10-12-4-2-1-3-5-12/h1-7,14,21-22H,8-11H2,(H,23,24)/t14-/m0/s1. The van der Waals surface area contributed by atoms with Crippen LogP contribution in [-0.4, -0.2) is 28.8 Å². The van der Waals surface area contributed by atoms with Crippen molar-refractivity contribution in [1.82, 2.24) is 5.32 Å². The van der Waals surface area contributed by atoms with Crippen LogP contribution in [0.25, 0.3) is 0 Å². The highest BCUT2D eigenvalue weighted by Crippen LogP contribution is 2.44. The Labute approximate surface area is 171 Å². The van der Waals surface area contributed by atoms with E-state index in [0.717, 1.165) is 14.7 Å². The maximum absolute atomic E-state index is 12.3. The van der Waals surface area contributed by atoms with Gasteiger partial charge in [0.1, 0.15) is 0 Å². The smallest absolute Gasteiger partial charge is 0.207 e. The summed E-state index contributed by atoms with van der Waals surface area (Å²) in [5.74, 6) is 0. The number of benzene rings is 2. The predicted molar refractivity (Wildman–Crippen MR) is 112 cm³/mol. The van der Waals surface area contributed by atoms with Crippen LogP contribution in [0.15, 0.2) is 42.5 Å². The summed E-state index contributed by atoms with van der Waals surface area (Å²) >= 11 is 14.1. The molecule has 2 atom stereocenters. The molecule has 0 heterocycles. The van der Waals surface area contributed by atoms with E-state index in [1.807, 2.05) is 18.2 Å². The number of hydrogen-bond donors (Lipinski definition) is 3. The zero-order chi connectivity index (χ0) is 18.4. The van der Waals surface area contributed by atoms with Crippen molar-refractivity contribution in [2.75, 3.05) is 12.7 Å². The largest absolute Gasteiger partial charge is 0.391 e. The molecule has 25 heavy (non-hydrogen) atoms. The second-order valence-electron chi connectivity index (χ2n) is 5.82. The highest BCUT2D eigenvalue weighted by Gasteiger charge is 2.23. The molecular weight excluding hydrogens is 495 g/mol. The van der Waals surface area contributed by atoms with Crippen molar-refractivity contribution in [3.05, 3.63) is 67.2 Å². The highest BCUT2D eigenvalue weighted by atomic mass is 127. The number of nitrogens with one attached hydrogen (secondary N) is 1. The normalized spacial score (nSPS) is 14.9. The average Bonchev–Trinajstić information content (AvgIpc) is 2.52. The van der Waals surface area contributed by atoms with Crippen molar-refractivity contribution in [3.8, 4) is 0 Å². The average molecular weight is 514 g/mol. The van der Waals surface area contributed by atoms with Gasteiger partial charge in [-0.25, -0.2) is 0 Å². The molecule has 0 fully saturated rings. The minimum Gasteiger partial charge on any atom is -0.391 e. The second kappa shape index (κ2) is 9.70. The topological polar surface area (TPSA) is 69.6 Å². The Balaban J connectivity index is 1.83. The molecule has 136 valence electrons. The molecule has 0 spiro atoms. The van der Waals surface area contributed by atoms with E-state index >= 15 is 0 Å². The third-order valence-corrected chi connectivity index (χ3v) is 7.13. The Hall–Kier alpha value is -0.140. The predicted octanol–water partition coefficient (Wildman–Crippen LogP) is 4.52. The fraction of sp³-hybridized carbons (Fsp3) is 0.294. The van der Waals surface area contributed by atoms with Crippen LogP contribution in [0.1, 0.15) is 11.1 Å². The molecule has 0 radical (unpaired) electrons. The van der Waals surface area contributed by atoms with E-state index in [9.17, 15) is 14.6 Å². The summed E-state index contributed by atoms with van der Waals surface area (Å²) in [6, 6.07) is 12.7. The Kier molecular flexibility index (Phi) is 8.21. The van der Waals surface area contributed by atoms with Crippen molar-refractivity contribution in [2.45, 2.75) is 18.8 Å². The fourth-order valence-electron chi connectivity index (χ4n) is 2.40. The van der Waals surface area contributed by atoms with Gasteiger partial charge >= 0.3 is 0 Å². The molecule has 3 N–H and O–H groups in total. The molecule has 0 amide bonds. The van der Waals surface area contributed by atoms with Crippen molar-refractivity contribution >= 4 is 53.2 Å². The van der Waals surface area contributed by atoms with E-state index in [1.165, 1.54) is 0 Å². The molecule has 2 aromatic rings. The lowest BCUT2D eigenvalue weighted by atomic mass is 10.2. The lowest BCUT2D eigenvalue weighted by molar-refractivity contribution is 0.190. The number of rotatable bonds is 8. The van der Waals surface area contributed by atoms with E-state index in [1.54, 1.807) is 24.3 Å². The highest BCUT2D eigenvalue weighted by molar-refractivity contribution is 14.1. The van der Waals surface area contributed by atoms with E-state index in [-0.39, 0.29) is 18.9 Å². The Bertz CT molecular complexity index is 761. The summed E-state index contributed by atoms with van der Waals surface area (Å²) in [6.45, 7) is 0.705. The van der Waals surface area contributed by atoms with Gasteiger partial charge in [-0.2, -0.15) is 0 Å². The summed E-state index contributed by atoms with van der Waals surface area (Å²) in [4.78, 5) is 10.1. The number of halogens is 3. The number of aliphatic hydroxyl groups is 1. The summed E-state index contributed by atoms with van der Waals surface area (Å²) in [5, 5.41) is 14.1. The van der Waals surface area contributed by atoms with Crippen LogP contribution < -0.4 is 5.32 Å². The van der Waals surface area contributed by atoms with Crippen molar-refractivity contribution in [2.24, 2.45) is 0 Å². The minimum absolute atomic E-state index is 0.0651. The van der Waals surface area contributed by atoms with Crippen LogP contribution in [0.2, 0.25) is 10.0 Å². The third kappa shape index (κ3) is 7.18. The molecule has 0 saturated heterocycles. The molecule has 2 rings (SSSR count). The van der Waals surface area contributed by atoms with Crippen LogP contribution in [0.5, 0.6) is 0 Å². The summed E-state index contributed by atoms with van der Waals surface area (Å²) in [6.07, 6.45) is -0.983. The molecule has 0 aliphatic carbocycles. The van der Waals surface area contributed by atoms with Gasteiger partial charge in [0.25, 0.3) is 0 Å². The van der Waals surface area contributed by atoms with Crippen molar-refractivity contribution in [1.29, 1.82) is 0 Å². The molecule has 0 aliphatic heterocycles. The van der Waals surface area contributed by atoms with Gasteiger partial charge < -0.3 is 15.3 Å². The molecule has 4 nitrogen and oxygen atoms in total. The van der Waals surface area contributed by atoms with Crippen LogP contribution in [0.4, 0.5) is 0 Å². The molecule has 1 unspecified atom stereocenters. The van der Waals surface area contributed by atoms with Crippen LogP contribution >= 0.6 is 53.2 Å². The monoisotopic (exact) mass is 513 g/mol. The Morgan fingerprint density at radius 1 is 1.16 bits per heavy atom. The molecule has 0 saturated carbocycles. The van der Waals surface area contributed by atoms with Crippen molar-refractivity contribution in [3.63, 3.8) is 0 Å². The molecular formula is C17H19Cl2INO3P. The summed E-state index contributed by atoms with van der Waals surface area (Å²) in [5.41, 5.74) is 1.75. The Morgan fingerprint density at radius 3 is 2.48 bits per heavy atom. The SMILES string of the molecule is O=P(O)(Cc1ccccc1)C[C@@H](O)CNCc1cc(Cl)c(Cl)cc1I. The van der Waals surface area contributed by atoms with E-state index in [0.29, 0.717) is 16.6 Å². The lowest BCUT2D eigenvalue weighted by Crippen LogP contribution is -2.29. The molecule has 8 heteroatoms. The first kappa shape index (κ1) is 21.2. The van der Waals surface area contributed by atoms with Gasteiger partial charge in [0.15, 0.2) is 0 Å². The maximum Gasteiger partial charge on any atom is 0.207 e. The number of aliphatic hydroxyl groups excluding tert-OH is 1. The second-order valence-corrected chi connectivity index (χ2v) is 10.2. The van der Waals surface area contributed by atoms with E-state index in [4.69, 9.17) is 23.2 Å². The van der Waals surface area contributed by atoms with Gasteiger partial charge in [0.2, 0.25) is 7.37 Å². The Morgan fingerprint density at radius 2 is 1.80 bits per heavy atom. The van der Waals surface area contributed by atoms with Crippen LogP contribution in [0, 0.1) is 3.57 Å². The first-order valence-electron chi connectivity index (χ1n) is 7.64. The van der Waals surface area contributed by atoms with E-state index in [2.05, 4.69) is 27.9 Å². The van der Waals surface area contributed by atoms with Gasteiger partial charge in [0.05, 0.1) is 22.3 Å². The van der Waals surface area contributed by atoms with Gasteiger partial charge in [-0.15, -0.1) is 0 Å². The van der Waals surface area contributed by atoms with Gasteiger partial charge in [-0.1, -0.05) is 53.5 Å².